The molecule has 1 fully saturated rings. The van der Waals surface area contributed by atoms with Crippen LogP contribution in [-0.2, 0) is 6.42 Å². The second-order valence-corrected chi connectivity index (χ2v) is 5.95. The summed E-state index contributed by atoms with van der Waals surface area (Å²) >= 11 is 0. The van der Waals surface area contributed by atoms with Gasteiger partial charge in [0.05, 0.1) is 6.10 Å². The van der Waals surface area contributed by atoms with Crippen LogP contribution < -0.4 is 10.2 Å². The van der Waals surface area contributed by atoms with E-state index in [1.54, 1.807) is 0 Å². The third kappa shape index (κ3) is 3.64. The fraction of sp³-hybridized carbons (Fsp3) is 0.750. The van der Waals surface area contributed by atoms with Crippen molar-refractivity contribution in [3.63, 3.8) is 0 Å². The van der Waals surface area contributed by atoms with Gasteiger partial charge in [0.25, 0.3) is 0 Å². The van der Waals surface area contributed by atoms with Gasteiger partial charge in [0.2, 0.25) is 0 Å². The van der Waals surface area contributed by atoms with Crippen LogP contribution in [0.15, 0.2) is 0 Å². The first-order valence-electron chi connectivity index (χ1n) is 8.11. The van der Waals surface area contributed by atoms with Crippen molar-refractivity contribution in [2.24, 2.45) is 5.92 Å². The highest BCUT2D eigenvalue weighted by molar-refractivity contribution is 5.59. The van der Waals surface area contributed by atoms with Crippen molar-refractivity contribution < 1.29 is 5.11 Å². The van der Waals surface area contributed by atoms with E-state index in [1.807, 2.05) is 6.92 Å². The average Bonchev–Trinajstić information content (AvgIpc) is 2.92. The predicted molar refractivity (Wildman–Crippen MR) is 86.9 cm³/mol. The zero-order valence-corrected chi connectivity index (χ0v) is 13.7. The van der Waals surface area contributed by atoms with Gasteiger partial charge < -0.3 is 15.3 Å². The minimum absolute atomic E-state index is 0.250. The molecule has 1 aliphatic heterocycles. The summed E-state index contributed by atoms with van der Waals surface area (Å²) in [4.78, 5) is 11.7. The van der Waals surface area contributed by atoms with Gasteiger partial charge in [-0.25, -0.2) is 9.97 Å². The SMILES string of the molecule is CCCc1nc(NCC)c(C)c(N2CCC(C(C)O)C2)n1. The lowest BCUT2D eigenvalue weighted by Gasteiger charge is -2.22. The van der Waals surface area contributed by atoms with Crippen molar-refractivity contribution in [1.29, 1.82) is 0 Å². The fourth-order valence-electron chi connectivity index (χ4n) is 2.91. The van der Waals surface area contributed by atoms with E-state index in [9.17, 15) is 5.11 Å². The molecule has 2 heterocycles. The number of rotatable bonds is 6. The number of hydrogen-bond acceptors (Lipinski definition) is 5. The number of aromatic nitrogens is 2. The quantitative estimate of drug-likeness (QED) is 0.843. The first-order valence-corrected chi connectivity index (χ1v) is 8.11. The van der Waals surface area contributed by atoms with Gasteiger partial charge in [0.1, 0.15) is 17.5 Å². The first kappa shape index (κ1) is 16.0. The van der Waals surface area contributed by atoms with Crippen molar-refractivity contribution in [3.8, 4) is 0 Å². The standard InChI is InChI=1S/C16H28N4O/c1-5-7-14-18-15(17-6-2)11(3)16(19-14)20-9-8-13(10-20)12(4)21/h12-13,21H,5-10H2,1-4H3,(H,17,18,19). The zero-order valence-electron chi connectivity index (χ0n) is 13.7. The maximum Gasteiger partial charge on any atom is 0.137 e. The van der Waals surface area contributed by atoms with Gasteiger partial charge in [0.15, 0.2) is 0 Å². The topological polar surface area (TPSA) is 61.3 Å². The molecule has 0 aromatic carbocycles. The minimum Gasteiger partial charge on any atom is -0.393 e. The van der Waals surface area contributed by atoms with Crippen molar-refractivity contribution in [1.82, 2.24) is 9.97 Å². The van der Waals surface area contributed by atoms with Gasteiger partial charge in [-0.05, 0) is 33.6 Å². The molecule has 0 aliphatic carbocycles. The lowest BCUT2D eigenvalue weighted by molar-refractivity contribution is 0.136. The number of aliphatic hydroxyl groups is 1. The van der Waals surface area contributed by atoms with Gasteiger partial charge in [-0.1, -0.05) is 6.92 Å². The highest BCUT2D eigenvalue weighted by atomic mass is 16.3. The molecule has 5 heteroatoms. The molecule has 0 spiro atoms. The Morgan fingerprint density at radius 3 is 2.71 bits per heavy atom. The molecule has 0 bridgehead atoms. The predicted octanol–water partition coefficient (Wildman–Crippen LogP) is 2.38. The first-order chi connectivity index (χ1) is 10.1. The molecule has 2 rings (SSSR count). The summed E-state index contributed by atoms with van der Waals surface area (Å²) in [6, 6.07) is 0. The van der Waals surface area contributed by atoms with E-state index in [1.165, 1.54) is 0 Å². The van der Waals surface area contributed by atoms with E-state index in [0.717, 1.165) is 61.9 Å². The van der Waals surface area contributed by atoms with Gasteiger partial charge in [-0.2, -0.15) is 0 Å². The number of nitrogens with zero attached hydrogens (tertiary/aromatic N) is 3. The van der Waals surface area contributed by atoms with Gasteiger partial charge in [-0.15, -0.1) is 0 Å². The highest BCUT2D eigenvalue weighted by Gasteiger charge is 2.28. The number of aliphatic hydroxyl groups excluding tert-OH is 1. The molecular weight excluding hydrogens is 264 g/mol. The molecule has 5 nitrogen and oxygen atoms in total. The Labute approximate surface area is 127 Å². The van der Waals surface area contributed by atoms with Gasteiger partial charge >= 0.3 is 0 Å². The lowest BCUT2D eigenvalue weighted by atomic mass is 10.0. The maximum atomic E-state index is 9.79. The Hall–Kier alpha value is -1.36. The van der Waals surface area contributed by atoms with E-state index < -0.39 is 0 Å². The number of anilines is 2. The molecule has 1 aromatic rings. The van der Waals surface area contributed by atoms with Crippen LogP contribution in [0.3, 0.4) is 0 Å². The fourth-order valence-corrected chi connectivity index (χ4v) is 2.91. The molecule has 0 radical (unpaired) electrons. The Morgan fingerprint density at radius 2 is 2.14 bits per heavy atom. The smallest absolute Gasteiger partial charge is 0.137 e. The van der Waals surface area contributed by atoms with Crippen molar-refractivity contribution in [2.45, 2.75) is 53.1 Å². The molecule has 21 heavy (non-hydrogen) atoms. The summed E-state index contributed by atoms with van der Waals surface area (Å²) < 4.78 is 0. The molecule has 2 unspecified atom stereocenters. The van der Waals surface area contributed by atoms with E-state index in [4.69, 9.17) is 4.98 Å². The number of nitrogens with one attached hydrogen (secondary N) is 1. The van der Waals surface area contributed by atoms with E-state index in [0.29, 0.717) is 5.92 Å². The van der Waals surface area contributed by atoms with Crippen LogP contribution in [0.25, 0.3) is 0 Å². The second-order valence-electron chi connectivity index (χ2n) is 5.95. The Kier molecular flexibility index (Phi) is 5.39. The van der Waals surface area contributed by atoms with E-state index in [-0.39, 0.29) is 6.10 Å². The molecule has 1 aliphatic rings. The third-order valence-corrected chi connectivity index (χ3v) is 4.19. The van der Waals surface area contributed by atoms with Crippen LogP contribution in [0.2, 0.25) is 0 Å². The summed E-state index contributed by atoms with van der Waals surface area (Å²) in [6.45, 7) is 10.9. The summed E-state index contributed by atoms with van der Waals surface area (Å²) in [5, 5.41) is 13.1. The highest BCUT2D eigenvalue weighted by Crippen LogP contribution is 2.29. The molecule has 0 saturated carbocycles. The Bertz CT molecular complexity index is 476. The van der Waals surface area contributed by atoms with Crippen LogP contribution >= 0.6 is 0 Å². The van der Waals surface area contributed by atoms with Crippen molar-refractivity contribution in [2.75, 3.05) is 29.9 Å². The molecule has 2 N–H and O–H groups in total. The summed E-state index contributed by atoms with van der Waals surface area (Å²) in [5.41, 5.74) is 1.11. The van der Waals surface area contributed by atoms with Crippen LogP contribution in [0.4, 0.5) is 11.6 Å². The van der Waals surface area contributed by atoms with E-state index >= 15 is 0 Å². The van der Waals surface area contributed by atoms with Crippen LogP contribution in [0.5, 0.6) is 0 Å². The molecule has 1 aromatic heterocycles. The van der Waals surface area contributed by atoms with Crippen molar-refractivity contribution >= 4 is 11.6 Å². The van der Waals surface area contributed by atoms with Crippen LogP contribution in [0, 0.1) is 12.8 Å². The third-order valence-electron chi connectivity index (χ3n) is 4.19. The Balaban J connectivity index is 2.29. The molecule has 1 saturated heterocycles. The number of aryl methyl sites for hydroxylation is 1. The molecule has 0 amide bonds. The summed E-state index contributed by atoms with van der Waals surface area (Å²) in [6.07, 6.45) is 2.73. The summed E-state index contributed by atoms with van der Waals surface area (Å²) in [5.74, 6) is 3.24. The molecule has 2 atom stereocenters. The average molecular weight is 292 g/mol. The molecular formula is C16H28N4O. The number of hydrogen-bond donors (Lipinski definition) is 2. The lowest BCUT2D eigenvalue weighted by Crippen LogP contribution is -2.26. The Morgan fingerprint density at radius 1 is 1.38 bits per heavy atom. The van der Waals surface area contributed by atoms with Crippen LogP contribution in [0.1, 0.15) is 45.0 Å². The largest absolute Gasteiger partial charge is 0.393 e. The second kappa shape index (κ2) is 7.07. The van der Waals surface area contributed by atoms with Crippen LogP contribution in [-0.4, -0.2) is 40.8 Å². The maximum absolute atomic E-state index is 9.79. The monoisotopic (exact) mass is 292 g/mol. The van der Waals surface area contributed by atoms with Gasteiger partial charge in [-0.3, -0.25) is 0 Å². The minimum atomic E-state index is -0.250. The normalized spacial score (nSPS) is 19.9. The van der Waals surface area contributed by atoms with Gasteiger partial charge in [0, 0.05) is 37.5 Å². The van der Waals surface area contributed by atoms with E-state index in [2.05, 4.69) is 36.0 Å². The summed E-state index contributed by atoms with van der Waals surface area (Å²) in [7, 11) is 0. The zero-order chi connectivity index (χ0) is 15.4. The van der Waals surface area contributed by atoms with Crippen molar-refractivity contribution in [3.05, 3.63) is 11.4 Å². The molecule has 118 valence electrons.